The van der Waals surface area contributed by atoms with Gasteiger partial charge in [-0.1, -0.05) is 19.1 Å². The Bertz CT molecular complexity index is 503. The number of hydrogen-bond donors (Lipinski definition) is 1. The zero-order valence-corrected chi connectivity index (χ0v) is 10.1. The molecule has 16 heavy (non-hydrogen) atoms. The summed E-state index contributed by atoms with van der Waals surface area (Å²) in [5, 5.41) is 8.83. The average Bonchev–Trinajstić information content (AvgIpc) is 2.28. The van der Waals surface area contributed by atoms with E-state index in [1.807, 2.05) is 13.0 Å². The molecule has 0 saturated heterocycles. The van der Waals surface area contributed by atoms with Crippen LogP contribution in [0, 0.1) is 11.3 Å². The number of hydrogen-bond acceptors (Lipinski definition) is 3. The van der Waals surface area contributed by atoms with Gasteiger partial charge in [-0.25, -0.2) is 13.1 Å². The molecule has 1 rings (SSSR count). The smallest absolute Gasteiger partial charge is 0.208 e. The molecule has 0 saturated carbocycles. The molecule has 1 atom stereocenters. The van der Waals surface area contributed by atoms with Crippen molar-refractivity contribution in [2.24, 2.45) is 0 Å². The highest BCUT2D eigenvalue weighted by molar-refractivity contribution is 7.89. The van der Waals surface area contributed by atoms with Gasteiger partial charge < -0.3 is 0 Å². The van der Waals surface area contributed by atoms with Gasteiger partial charge in [0.2, 0.25) is 10.0 Å². The fraction of sp³-hybridized carbons (Fsp3) is 0.364. The number of nitrogens with zero attached hydrogens (tertiary/aromatic N) is 1. The van der Waals surface area contributed by atoms with E-state index in [1.165, 1.54) is 12.1 Å². The summed E-state index contributed by atoms with van der Waals surface area (Å²) in [6.45, 7) is 3.68. The maximum atomic E-state index is 11.9. The van der Waals surface area contributed by atoms with Gasteiger partial charge in [0.25, 0.3) is 0 Å². The van der Waals surface area contributed by atoms with E-state index in [-0.39, 0.29) is 16.5 Å². The van der Waals surface area contributed by atoms with E-state index in [4.69, 9.17) is 5.26 Å². The quantitative estimate of drug-likeness (QED) is 0.866. The summed E-state index contributed by atoms with van der Waals surface area (Å²) in [5.74, 6) is 0. The lowest BCUT2D eigenvalue weighted by molar-refractivity contribution is 0.555. The Morgan fingerprint density at radius 1 is 1.44 bits per heavy atom. The lowest BCUT2D eigenvalue weighted by Gasteiger charge is -2.12. The Hall–Kier alpha value is -1.38. The van der Waals surface area contributed by atoms with E-state index in [1.54, 1.807) is 19.1 Å². The predicted molar refractivity (Wildman–Crippen MR) is 61.2 cm³/mol. The molecule has 5 heteroatoms. The first-order chi connectivity index (χ1) is 7.51. The second-order valence-electron chi connectivity index (χ2n) is 3.54. The molecular formula is C11H14N2O2S. The molecule has 0 aliphatic rings. The van der Waals surface area contributed by atoms with Crippen LogP contribution in [0.25, 0.3) is 0 Å². The van der Waals surface area contributed by atoms with Crippen molar-refractivity contribution >= 4 is 10.0 Å². The van der Waals surface area contributed by atoms with Crippen LogP contribution in [-0.2, 0) is 10.0 Å². The summed E-state index contributed by atoms with van der Waals surface area (Å²) in [7, 11) is -3.59. The highest BCUT2D eigenvalue weighted by Crippen LogP contribution is 2.14. The number of nitriles is 1. The molecule has 1 N–H and O–H groups in total. The first kappa shape index (κ1) is 12.7. The van der Waals surface area contributed by atoms with Crippen LogP contribution >= 0.6 is 0 Å². The van der Waals surface area contributed by atoms with Gasteiger partial charge in [0.15, 0.2) is 0 Å². The molecule has 0 aromatic heterocycles. The van der Waals surface area contributed by atoms with Gasteiger partial charge in [-0.05, 0) is 25.5 Å². The van der Waals surface area contributed by atoms with E-state index in [0.717, 1.165) is 0 Å². The highest BCUT2D eigenvalue weighted by atomic mass is 32.2. The molecule has 0 fully saturated rings. The molecule has 4 nitrogen and oxygen atoms in total. The zero-order valence-electron chi connectivity index (χ0n) is 9.27. The lowest BCUT2D eigenvalue weighted by atomic mass is 10.2. The van der Waals surface area contributed by atoms with Crippen molar-refractivity contribution in [2.75, 3.05) is 0 Å². The number of nitrogens with one attached hydrogen (secondary N) is 1. The van der Waals surface area contributed by atoms with Crippen LogP contribution in [0.5, 0.6) is 0 Å². The van der Waals surface area contributed by atoms with E-state index >= 15 is 0 Å². The summed E-state index contributed by atoms with van der Waals surface area (Å²) in [5.41, 5.74) is 0.165. The molecule has 0 heterocycles. The summed E-state index contributed by atoms with van der Waals surface area (Å²) >= 11 is 0. The van der Waals surface area contributed by atoms with Gasteiger partial charge in [-0.2, -0.15) is 5.26 Å². The summed E-state index contributed by atoms with van der Waals surface area (Å²) in [6, 6.07) is 7.90. The summed E-state index contributed by atoms with van der Waals surface area (Å²) < 4.78 is 26.4. The molecule has 0 radical (unpaired) electrons. The second-order valence-corrected chi connectivity index (χ2v) is 5.22. The van der Waals surface area contributed by atoms with Crippen molar-refractivity contribution in [2.45, 2.75) is 31.2 Å². The van der Waals surface area contributed by atoms with E-state index in [9.17, 15) is 8.42 Å². The second kappa shape index (κ2) is 5.10. The first-order valence-electron chi connectivity index (χ1n) is 5.02. The molecule has 1 aromatic rings. The topological polar surface area (TPSA) is 70.0 Å². The Morgan fingerprint density at radius 2 is 2.06 bits per heavy atom. The van der Waals surface area contributed by atoms with Gasteiger partial charge in [0, 0.05) is 6.04 Å². The van der Waals surface area contributed by atoms with Crippen molar-refractivity contribution in [1.29, 1.82) is 5.26 Å². The van der Waals surface area contributed by atoms with Crippen LogP contribution in [0.2, 0.25) is 0 Å². The third-order valence-corrected chi connectivity index (χ3v) is 3.91. The molecule has 86 valence electrons. The minimum absolute atomic E-state index is 0.0396. The van der Waals surface area contributed by atoms with Crippen LogP contribution in [0.15, 0.2) is 29.2 Å². The predicted octanol–water partition coefficient (Wildman–Crippen LogP) is 1.64. The standard InChI is InChI=1S/C11H14N2O2S/c1-3-9(2)13-16(14,15)11-7-5-4-6-10(11)8-12/h4-7,9,13H,3H2,1-2H3/t9-/m1/s1. The van der Waals surface area contributed by atoms with Gasteiger partial charge in [0.1, 0.15) is 6.07 Å². The molecular weight excluding hydrogens is 224 g/mol. The third kappa shape index (κ3) is 2.81. The van der Waals surface area contributed by atoms with E-state index in [2.05, 4.69) is 4.72 Å². The van der Waals surface area contributed by atoms with Crippen LogP contribution in [-0.4, -0.2) is 14.5 Å². The van der Waals surface area contributed by atoms with E-state index in [0.29, 0.717) is 6.42 Å². The van der Waals surface area contributed by atoms with Gasteiger partial charge in [0.05, 0.1) is 10.5 Å². The van der Waals surface area contributed by atoms with Crippen molar-refractivity contribution in [3.05, 3.63) is 29.8 Å². The number of benzene rings is 1. The summed E-state index contributed by atoms with van der Waals surface area (Å²) in [4.78, 5) is 0.0396. The van der Waals surface area contributed by atoms with Gasteiger partial charge in [-0.3, -0.25) is 0 Å². The van der Waals surface area contributed by atoms with Crippen molar-refractivity contribution < 1.29 is 8.42 Å². The Balaban J connectivity index is 3.13. The Morgan fingerprint density at radius 3 is 2.62 bits per heavy atom. The molecule has 0 aliphatic heterocycles. The highest BCUT2D eigenvalue weighted by Gasteiger charge is 2.19. The van der Waals surface area contributed by atoms with Gasteiger partial charge in [-0.15, -0.1) is 0 Å². The van der Waals surface area contributed by atoms with Crippen molar-refractivity contribution in [1.82, 2.24) is 4.72 Å². The van der Waals surface area contributed by atoms with Gasteiger partial charge >= 0.3 is 0 Å². The maximum absolute atomic E-state index is 11.9. The van der Waals surface area contributed by atoms with Crippen LogP contribution < -0.4 is 4.72 Å². The first-order valence-corrected chi connectivity index (χ1v) is 6.51. The largest absolute Gasteiger partial charge is 0.242 e. The minimum atomic E-state index is -3.59. The molecule has 0 bridgehead atoms. The van der Waals surface area contributed by atoms with Crippen LogP contribution in [0.3, 0.4) is 0 Å². The molecule has 0 spiro atoms. The van der Waals surface area contributed by atoms with Crippen LogP contribution in [0.1, 0.15) is 25.8 Å². The third-order valence-electron chi connectivity index (χ3n) is 2.27. The normalized spacial score (nSPS) is 13.1. The Labute approximate surface area is 96.0 Å². The SMILES string of the molecule is CC[C@@H](C)NS(=O)(=O)c1ccccc1C#N. The molecule has 1 aromatic carbocycles. The summed E-state index contributed by atoms with van der Waals surface area (Å²) in [6.07, 6.45) is 0.702. The average molecular weight is 238 g/mol. The zero-order chi connectivity index (χ0) is 12.2. The van der Waals surface area contributed by atoms with E-state index < -0.39 is 10.0 Å². The molecule has 0 amide bonds. The fourth-order valence-corrected chi connectivity index (χ4v) is 2.69. The maximum Gasteiger partial charge on any atom is 0.242 e. The van der Waals surface area contributed by atoms with Crippen LogP contribution in [0.4, 0.5) is 0 Å². The molecule has 0 unspecified atom stereocenters. The fourth-order valence-electron chi connectivity index (χ4n) is 1.21. The minimum Gasteiger partial charge on any atom is -0.208 e. The Kier molecular flexibility index (Phi) is 4.05. The number of sulfonamides is 1. The van der Waals surface area contributed by atoms with Crippen molar-refractivity contribution in [3.8, 4) is 6.07 Å². The molecule has 0 aliphatic carbocycles. The number of rotatable bonds is 4. The van der Waals surface area contributed by atoms with Crippen molar-refractivity contribution in [3.63, 3.8) is 0 Å². The monoisotopic (exact) mass is 238 g/mol. The lowest BCUT2D eigenvalue weighted by Crippen LogP contribution is -2.32.